The van der Waals surface area contributed by atoms with Crippen LogP contribution < -0.4 is 0 Å². The number of hydrogen-bond acceptors (Lipinski definition) is 0. The van der Waals surface area contributed by atoms with Crippen LogP contribution in [-0.4, -0.2) is 4.61 Å². The van der Waals surface area contributed by atoms with Gasteiger partial charge in [0.2, 0.25) is 0 Å². The van der Waals surface area contributed by atoms with Gasteiger partial charge in [0.25, 0.3) is 0 Å². The van der Waals surface area contributed by atoms with E-state index in [0.29, 0.717) is 0 Å². The van der Waals surface area contributed by atoms with Crippen molar-refractivity contribution >= 4 is 31.9 Å². The van der Waals surface area contributed by atoms with Crippen molar-refractivity contribution in [1.82, 2.24) is 0 Å². The summed E-state index contributed by atoms with van der Waals surface area (Å²) in [5.74, 6) is 0. The first-order valence-corrected chi connectivity index (χ1v) is 18.1. The number of benzene rings is 4. The molecule has 0 atom stereocenters. The third-order valence-electron chi connectivity index (χ3n) is 4.89. The Morgan fingerprint density at radius 2 is 0.812 bits per heavy atom. The van der Waals surface area contributed by atoms with Gasteiger partial charge in [-0.15, -0.1) is 0 Å². The molecule has 0 nitrogen and oxygen atoms in total. The minimum Gasteiger partial charge on any atom is -0.0622 e. The zero-order valence-corrected chi connectivity index (χ0v) is 22.1. The summed E-state index contributed by atoms with van der Waals surface area (Å²) < 4.78 is 1.92. The normalized spacial score (nSPS) is 10.8. The molecule has 0 heterocycles. The fraction of sp³-hybridized carbons (Fsp3) is 0.107. The van der Waals surface area contributed by atoms with Gasteiger partial charge in [0, 0.05) is 7.92 Å². The Labute approximate surface area is 206 Å². The van der Waals surface area contributed by atoms with Crippen LogP contribution in [0.2, 0.25) is 0 Å². The Balaban J connectivity index is 0.000000243. The summed E-state index contributed by atoms with van der Waals surface area (Å²) >= 11 is -1.61. The Bertz CT molecular complexity index is 953. The van der Waals surface area contributed by atoms with Gasteiger partial charge in [-0.05, 0) is 16.7 Å². The minimum atomic E-state index is -1.61. The van der Waals surface area contributed by atoms with Crippen molar-refractivity contribution in [2.75, 3.05) is 0 Å². The third kappa shape index (κ3) is 9.89. The first-order valence-electron chi connectivity index (χ1n) is 10.5. The maximum atomic E-state index is 5.67. The molecule has 0 N–H and O–H groups in total. The molecule has 32 heavy (non-hydrogen) atoms. The zero-order chi connectivity index (χ0) is 22.4. The Morgan fingerprint density at radius 3 is 1.12 bits per heavy atom. The van der Waals surface area contributed by atoms with E-state index < -0.39 is 21.4 Å². The second kappa shape index (κ2) is 14.5. The summed E-state index contributed by atoms with van der Waals surface area (Å²) in [5, 5.41) is 0. The smallest absolute Gasteiger partial charge is 0.0622 e. The predicted molar refractivity (Wildman–Crippen MR) is 142 cm³/mol. The van der Waals surface area contributed by atoms with E-state index in [1.54, 1.807) is 0 Å². The summed E-state index contributed by atoms with van der Waals surface area (Å²) in [6.07, 6.45) is 3.69. The van der Waals surface area contributed by atoms with E-state index in [4.69, 9.17) is 19.4 Å². The molecule has 4 heteroatoms. The topological polar surface area (TPSA) is 0 Å². The van der Waals surface area contributed by atoms with Crippen LogP contribution in [0.4, 0.5) is 0 Å². The molecule has 0 aliphatic rings. The van der Waals surface area contributed by atoms with Crippen LogP contribution in [0.1, 0.15) is 22.3 Å². The van der Waals surface area contributed by atoms with Gasteiger partial charge in [-0.1, -0.05) is 91.0 Å². The van der Waals surface area contributed by atoms with Crippen molar-refractivity contribution in [3.8, 4) is 0 Å². The van der Waals surface area contributed by atoms with Crippen LogP contribution in [0.25, 0.3) is 0 Å². The van der Waals surface area contributed by atoms with Crippen LogP contribution in [0.3, 0.4) is 0 Å². The predicted octanol–water partition coefficient (Wildman–Crippen LogP) is 8.56. The maximum absolute atomic E-state index is 5.67. The molecular formula is C28H28Cl2PRu+. The maximum Gasteiger partial charge on any atom is 0.0826 e. The summed E-state index contributed by atoms with van der Waals surface area (Å²) in [6.45, 7) is 0. The molecule has 0 saturated heterocycles. The fourth-order valence-corrected chi connectivity index (χ4v) is 8.09. The molecule has 0 aliphatic heterocycles. The molecule has 0 fully saturated rings. The first-order chi connectivity index (χ1) is 15.7. The standard InChI is InChI=1S/C21H21P.C7H6.2ClH.Ru/c1-4-10-19(11-5-1)16-22(17-20-12-6-2-7-13-20)18-21-14-8-3-9-15-21;1-7-5-3-2-4-6-7;;;/h1-15H,16-18H2;1-6H;2*1H;/q;;;;+2/p-1. The van der Waals surface area contributed by atoms with E-state index >= 15 is 0 Å². The van der Waals surface area contributed by atoms with Crippen LogP contribution in [0, 0.1) is 0 Å². The molecule has 166 valence electrons. The third-order valence-corrected chi connectivity index (χ3v) is 9.48. The summed E-state index contributed by atoms with van der Waals surface area (Å²) in [6, 6.07) is 42.7. The molecule has 4 rings (SSSR count). The van der Waals surface area contributed by atoms with E-state index in [2.05, 4.69) is 91.0 Å². The van der Waals surface area contributed by atoms with Gasteiger partial charge in [-0.3, -0.25) is 0 Å². The molecule has 0 unspecified atom stereocenters. The van der Waals surface area contributed by atoms with Gasteiger partial charge in [0.15, 0.2) is 0 Å². The van der Waals surface area contributed by atoms with E-state index in [1.807, 2.05) is 34.9 Å². The quantitative estimate of drug-likeness (QED) is 0.155. The number of halogens is 2. The largest absolute Gasteiger partial charge is 0.0826 e. The number of rotatable bonds is 7. The molecule has 4 aromatic rings. The van der Waals surface area contributed by atoms with E-state index in [1.165, 1.54) is 35.2 Å². The second-order valence-electron chi connectivity index (χ2n) is 7.45. The fourth-order valence-electron chi connectivity index (χ4n) is 3.45. The van der Waals surface area contributed by atoms with Crippen molar-refractivity contribution in [3.63, 3.8) is 0 Å². The van der Waals surface area contributed by atoms with Crippen molar-refractivity contribution in [1.29, 1.82) is 0 Å². The molecule has 4 aromatic carbocycles. The van der Waals surface area contributed by atoms with E-state index in [0.717, 1.165) is 5.56 Å². The monoisotopic (exact) mass is 567 g/mol. The average molecular weight is 567 g/mol. The molecule has 0 aromatic heterocycles. The summed E-state index contributed by atoms with van der Waals surface area (Å²) in [5.41, 5.74) is 5.54. The Morgan fingerprint density at radius 1 is 0.500 bits per heavy atom. The van der Waals surface area contributed by atoms with Crippen molar-refractivity contribution in [2.45, 2.75) is 18.5 Å². The van der Waals surface area contributed by atoms with Crippen molar-refractivity contribution in [2.24, 2.45) is 0 Å². The van der Waals surface area contributed by atoms with E-state index in [-0.39, 0.29) is 0 Å². The van der Waals surface area contributed by atoms with Crippen LogP contribution in [-0.2, 0) is 32.0 Å². The van der Waals surface area contributed by atoms with Crippen LogP contribution in [0.5, 0.6) is 0 Å². The molecule has 0 aliphatic carbocycles. The molecule has 0 amide bonds. The SMILES string of the molecule is [Cl][Ru]([Cl])=[CH]c1ccccc1.c1ccc(C[PH+](Cc2ccccc2)Cc2ccccc2)cc1. The summed E-state index contributed by atoms with van der Waals surface area (Å²) in [7, 11) is 10.8. The Kier molecular flexibility index (Phi) is 11.3. The second-order valence-corrected chi connectivity index (χ2v) is 15.7. The minimum absolute atomic E-state index is 0.502. The molecule has 0 bridgehead atoms. The molecular weight excluding hydrogens is 539 g/mol. The molecule has 0 radical (unpaired) electrons. The van der Waals surface area contributed by atoms with Crippen molar-refractivity contribution in [3.05, 3.63) is 144 Å². The van der Waals surface area contributed by atoms with Gasteiger partial charge >= 0.3 is 73.4 Å². The van der Waals surface area contributed by atoms with Gasteiger partial charge < -0.3 is 0 Å². The van der Waals surface area contributed by atoms with Crippen molar-refractivity contribution < 1.29 is 13.5 Å². The van der Waals surface area contributed by atoms with Gasteiger partial charge in [0.05, 0.1) is 18.5 Å². The van der Waals surface area contributed by atoms with Gasteiger partial charge in [-0.2, -0.15) is 0 Å². The number of hydrogen-bond donors (Lipinski definition) is 0. The van der Waals surface area contributed by atoms with Gasteiger partial charge in [0.1, 0.15) is 0 Å². The van der Waals surface area contributed by atoms with Crippen LogP contribution in [0.15, 0.2) is 121 Å². The molecule has 0 saturated carbocycles. The Hall–Kier alpha value is -1.62. The first kappa shape index (κ1) is 25.0. The summed E-state index contributed by atoms with van der Waals surface area (Å²) in [4.78, 5) is 0. The average Bonchev–Trinajstić information content (AvgIpc) is 2.82. The van der Waals surface area contributed by atoms with E-state index in [9.17, 15) is 0 Å². The van der Waals surface area contributed by atoms with Crippen LogP contribution >= 0.6 is 27.3 Å². The molecule has 0 spiro atoms. The van der Waals surface area contributed by atoms with Gasteiger partial charge in [-0.25, -0.2) is 0 Å². The zero-order valence-electron chi connectivity index (χ0n) is 17.9.